The molecule has 5 amide bonds. The van der Waals surface area contributed by atoms with E-state index in [0.29, 0.717) is 24.8 Å². The molecule has 2 heterocycles. The van der Waals surface area contributed by atoms with Crippen molar-refractivity contribution < 1.29 is 38.7 Å². The number of carbonyl (C=O) groups is 7. The first-order valence-electron chi connectivity index (χ1n) is 18.3. The van der Waals surface area contributed by atoms with Gasteiger partial charge >= 0.3 is 5.97 Å². The third-order valence-corrected chi connectivity index (χ3v) is 9.32. The predicted octanol–water partition coefficient (Wildman–Crippen LogP) is 2.06. The number of hydrogen-bond acceptors (Lipinski definition) is 9. The monoisotopic (exact) mass is 735 g/mol. The minimum Gasteiger partial charge on any atom is -0.480 e. The molecule has 1 aliphatic heterocycles. The van der Waals surface area contributed by atoms with E-state index in [1.54, 1.807) is 65.0 Å². The summed E-state index contributed by atoms with van der Waals surface area (Å²) in [6, 6.07) is 2.98. The van der Waals surface area contributed by atoms with Crippen molar-refractivity contribution in [2.45, 2.75) is 110 Å². The fraction of sp³-hybridized carbons (Fsp3) is 0.553. The molecule has 0 bridgehead atoms. The second-order valence-electron chi connectivity index (χ2n) is 14.1. The first-order valence-corrected chi connectivity index (χ1v) is 18.3. The van der Waals surface area contributed by atoms with Gasteiger partial charge in [0.2, 0.25) is 23.5 Å². The molecule has 1 aromatic carbocycles. The van der Waals surface area contributed by atoms with Gasteiger partial charge in [0.1, 0.15) is 29.9 Å². The Morgan fingerprint density at radius 2 is 1.53 bits per heavy atom. The number of nitrogens with zero attached hydrogens (tertiary/aromatic N) is 3. The summed E-state index contributed by atoms with van der Waals surface area (Å²) in [6.07, 6.45) is 6.38. The number of benzene rings is 1. The summed E-state index contributed by atoms with van der Waals surface area (Å²) in [5, 5.41) is 20.3. The van der Waals surface area contributed by atoms with Crippen molar-refractivity contribution in [3.8, 4) is 0 Å². The summed E-state index contributed by atoms with van der Waals surface area (Å²) in [5.41, 5.74) is 0.683. The van der Waals surface area contributed by atoms with Crippen LogP contribution in [0.2, 0.25) is 0 Å². The van der Waals surface area contributed by atoms with Crippen molar-refractivity contribution in [3.63, 3.8) is 0 Å². The van der Waals surface area contributed by atoms with Crippen LogP contribution in [0.1, 0.15) is 89.7 Å². The van der Waals surface area contributed by atoms with Crippen molar-refractivity contribution >= 4 is 41.3 Å². The summed E-state index contributed by atoms with van der Waals surface area (Å²) in [6.45, 7) is 11.0. The number of aliphatic carboxylic acids is 1. The van der Waals surface area contributed by atoms with Gasteiger partial charge in [-0.25, -0.2) is 9.78 Å². The summed E-state index contributed by atoms with van der Waals surface area (Å²) in [7, 11) is 0. The number of amides is 5. The smallest absolute Gasteiger partial charge is 0.326 e. The Bertz CT molecular complexity index is 1590. The molecule has 15 nitrogen and oxygen atoms in total. The maximum absolute atomic E-state index is 14.3. The largest absolute Gasteiger partial charge is 0.480 e. The molecule has 2 aromatic rings. The highest BCUT2D eigenvalue weighted by Gasteiger charge is 2.45. The standard InChI is InChI=1S/C38H53N7O8/c1-7-12-25-16-19-45(37(51)30(23(5)6)44-34(48)29(22(3)4)43-33(47)28-21-39-17-18-40-28)31(25)35(49)41-26(13-8-2)32(46)36(50)42-27(38(52)53)20-24-14-10-9-11-15-24/h9-11,14-15,17-18,21-23,25-27,29-31H,7-8,12-13,16,19-20H2,1-6H3,(H,41,49)(H,42,50)(H,43,47)(H,44,48)(H,52,53)/t25-,26-,27-,29+,30+,31-/m0/s1. The van der Waals surface area contributed by atoms with Crippen LogP contribution < -0.4 is 21.3 Å². The lowest BCUT2D eigenvalue weighted by atomic mass is 9.93. The Hall–Kier alpha value is -5.21. The molecule has 53 heavy (non-hydrogen) atoms. The number of ketones is 1. The van der Waals surface area contributed by atoms with E-state index < -0.39 is 77.4 Å². The number of nitrogens with one attached hydrogen (secondary N) is 4. The van der Waals surface area contributed by atoms with E-state index in [2.05, 4.69) is 31.2 Å². The van der Waals surface area contributed by atoms with E-state index in [1.807, 2.05) is 6.92 Å². The molecule has 0 radical (unpaired) electrons. The van der Waals surface area contributed by atoms with Crippen LogP contribution in [0.3, 0.4) is 0 Å². The summed E-state index contributed by atoms with van der Waals surface area (Å²) >= 11 is 0. The highest BCUT2D eigenvalue weighted by atomic mass is 16.4. The first kappa shape index (κ1) is 42.2. The fourth-order valence-corrected chi connectivity index (χ4v) is 6.49. The van der Waals surface area contributed by atoms with Gasteiger partial charge in [0, 0.05) is 25.4 Å². The van der Waals surface area contributed by atoms with Gasteiger partial charge < -0.3 is 31.3 Å². The maximum Gasteiger partial charge on any atom is 0.326 e. The number of likely N-dealkylation sites (tertiary alicyclic amines) is 1. The normalized spacial score (nSPS) is 17.7. The summed E-state index contributed by atoms with van der Waals surface area (Å²) in [5.74, 6) is -6.73. The van der Waals surface area contributed by atoms with Crippen LogP contribution in [0.4, 0.5) is 0 Å². The van der Waals surface area contributed by atoms with Crippen LogP contribution in [-0.4, -0.2) is 98.0 Å². The molecule has 15 heteroatoms. The maximum atomic E-state index is 14.3. The Balaban J connectivity index is 1.79. The van der Waals surface area contributed by atoms with Gasteiger partial charge in [0.15, 0.2) is 0 Å². The Labute approximate surface area is 310 Å². The zero-order valence-corrected chi connectivity index (χ0v) is 31.3. The van der Waals surface area contributed by atoms with Crippen molar-refractivity contribution in [2.75, 3.05) is 6.54 Å². The lowest BCUT2D eigenvalue weighted by molar-refractivity contribution is -0.146. The highest BCUT2D eigenvalue weighted by molar-refractivity contribution is 6.38. The second kappa shape index (κ2) is 20.1. The van der Waals surface area contributed by atoms with E-state index >= 15 is 0 Å². The van der Waals surface area contributed by atoms with Gasteiger partial charge in [-0.15, -0.1) is 0 Å². The predicted molar refractivity (Wildman–Crippen MR) is 195 cm³/mol. The van der Waals surface area contributed by atoms with Gasteiger partial charge in [-0.1, -0.05) is 84.7 Å². The number of rotatable bonds is 19. The number of carboxylic acid groups (broad SMARTS) is 1. The Morgan fingerprint density at radius 3 is 2.09 bits per heavy atom. The molecule has 288 valence electrons. The highest BCUT2D eigenvalue weighted by Crippen LogP contribution is 2.30. The number of hydrogen-bond donors (Lipinski definition) is 5. The number of aromatic nitrogens is 2. The van der Waals surface area contributed by atoms with Gasteiger partial charge in [-0.3, -0.25) is 33.8 Å². The number of carboxylic acids is 1. The van der Waals surface area contributed by atoms with Crippen molar-refractivity contribution in [1.29, 1.82) is 0 Å². The first-order chi connectivity index (χ1) is 25.2. The number of Topliss-reactive ketones (excluding diaryl/α,β-unsaturated/α-hetero) is 1. The van der Waals surface area contributed by atoms with Crippen LogP contribution in [0.5, 0.6) is 0 Å². The third-order valence-electron chi connectivity index (χ3n) is 9.32. The molecule has 5 N–H and O–H groups in total. The van der Waals surface area contributed by atoms with Crippen molar-refractivity contribution in [2.24, 2.45) is 17.8 Å². The van der Waals surface area contributed by atoms with Crippen LogP contribution in [-0.2, 0) is 35.2 Å². The SMILES string of the molecule is CCC[C@H]1CCN(C(=O)[C@H](NC(=O)[C@H](NC(=O)c2cnccn2)C(C)C)C(C)C)[C@@H]1C(=O)N[C@@H](CCC)C(=O)C(=O)N[C@@H](Cc1ccccc1)C(=O)O. The molecule has 6 atom stereocenters. The van der Waals surface area contributed by atoms with Gasteiger partial charge in [-0.05, 0) is 42.6 Å². The average molecular weight is 736 g/mol. The molecule has 0 unspecified atom stereocenters. The van der Waals surface area contributed by atoms with Crippen LogP contribution in [0.25, 0.3) is 0 Å². The van der Waals surface area contributed by atoms with Gasteiger partial charge in [-0.2, -0.15) is 0 Å². The molecule has 0 aliphatic carbocycles. The summed E-state index contributed by atoms with van der Waals surface area (Å²) in [4.78, 5) is 103. The zero-order chi connectivity index (χ0) is 39.2. The van der Waals surface area contributed by atoms with Gasteiger partial charge in [0.25, 0.3) is 11.8 Å². The Kier molecular flexibility index (Phi) is 16.0. The lowest BCUT2D eigenvalue weighted by Crippen LogP contribution is -2.60. The molecule has 0 saturated carbocycles. The zero-order valence-electron chi connectivity index (χ0n) is 31.3. The third kappa shape index (κ3) is 11.6. The molecule has 0 spiro atoms. The van der Waals surface area contributed by atoms with E-state index in [-0.39, 0.29) is 36.9 Å². The topological polar surface area (TPSA) is 217 Å². The van der Waals surface area contributed by atoms with E-state index in [0.717, 1.165) is 6.42 Å². The van der Waals surface area contributed by atoms with Crippen LogP contribution in [0.15, 0.2) is 48.9 Å². The molecule has 1 fully saturated rings. The lowest BCUT2D eigenvalue weighted by Gasteiger charge is -2.34. The molecular formula is C38H53N7O8. The van der Waals surface area contributed by atoms with Crippen LogP contribution in [0, 0.1) is 17.8 Å². The van der Waals surface area contributed by atoms with E-state index in [4.69, 9.17) is 0 Å². The van der Waals surface area contributed by atoms with E-state index in [1.165, 1.54) is 23.5 Å². The Morgan fingerprint density at radius 1 is 0.849 bits per heavy atom. The van der Waals surface area contributed by atoms with Crippen molar-refractivity contribution in [3.05, 3.63) is 60.2 Å². The van der Waals surface area contributed by atoms with Crippen molar-refractivity contribution in [1.82, 2.24) is 36.1 Å². The quantitative estimate of drug-likeness (QED) is 0.132. The molecular weight excluding hydrogens is 682 g/mol. The second-order valence-corrected chi connectivity index (χ2v) is 14.1. The average Bonchev–Trinajstić information content (AvgIpc) is 3.55. The molecule has 3 rings (SSSR count). The fourth-order valence-electron chi connectivity index (χ4n) is 6.49. The minimum atomic E-state index is -1.37. The van der Waals surface area contributed by atoms with E-state index in [9.17, 15) is 38.7 Å². The van der Waals surface area contributed by atoms with Crippen LogP contribution >= 0.6 is 0 Å². The van der Waals surface area contributed by atoms with Gasteiger partial charge in [0.05, 0.1) is 12.2 Å². The number of carbonyl (C=O) groups excluding carboxylic acids is 6. The molecule has 1 aromatic heterocycles. The minimum absolute atomic E-state index is 0.0292. The molecule has 1 aliphatic rings. The molecule has 1 saturated heterocycles. The summed E-state index contributed by atoms with van der Waals surface area (Å²) < 4.78 is 0.